The number of piperidine rings is 1. The lowest BCUT2D eigenvalue weighted by Gasteiger charge is -2.31. The van der Waals surface area contributed by atoms with Crippen molar-refractivity contribution in [1.29, 1.82) is 0 Å². The summed E-state index contributed by atoms with van der Waals surface area (Å²) in [5.41, 5.74) is 0.693. The van der Waals surface area contributed by atoms with E-state index in [1.54, 1.807) is 7.11 Å². The van der Waals surface area contributed by atoms with Gasteiger partial charge in [-0.25, -0.2) is 0 Å². The summed E-state index contributed by atoms with van der Waals surface area (Å²) in [6.45, 7) is 5.23. The fourth-order valence-corrected chi connectivity index (χ4v) is 2.31. The van der Waals surface area contributed by atoms with E-state index in [-0.39, 0.29) is 5.91 Å². The highest BCUT2D eigenvalue weighted by atomic mass is 16.5. The maximum absolute atomic E-state index is 12.3. The first-order valence-electron chi connectivity index (χ1n) is 6.01. The summed E-state index contributed by atoms with van der Waals surface area (Å²) >= 11 is 0. The zero-order chi connectivity index (χ0) is 12.4. The van der Waals surface area contributed by atoms with E-state index in [1.165, 1.54) is 0 Å². The van der Waals surface area contributed by atoms with Crippen molar-refractivity contribution in [1.82, 2.24) is 4.90 Å². The number of ether oxygens (including phenoxy) is 1. The van der Waals surface area contributed by atoms with E-state index in [0.717, 1.165) is 31.7 Å². The smallest absolute Gasteiger partial charge is 0.257 e. The first kappa shape index (κ1) is 12.2. The average molecular weight is 237 g/mol. The maximum atomic E-state index is 12.3. The zero-order valence-corrected chi connectivity index (χ0v) is 10.7. The number of hydrogen-bond acceptors (Lipinski definition) is 3. The van der Waals surface area contributed by atoms with Crippen LogP contribution in [-0.2, 0) is 4.74 Å². The van der Waals surface area contributed by atoms with E-state index in [1.807, 2.05) is 24.8 Å². The number of nitrogens with zero attached hydrogens (tertiary/aromatic N) is 1. The first-order chi connectivity index (χ1) is 8.11. The van der Waals surface area contributed by atoms with Crippen molar-refractivity contribution in [3.63, 3.8) is 0 Å². The van der Waals surface area contributed by atoms with Crippen molar-refractivity contribution in [2.24, 2.45) is 0 Å². The number of carbonyl (C=O) groups excluding carboxylic acids is 1. The fourth-order valence-electron chi connectivity index (χ4n) is 2.31. The molecule has 0 spiro atoms. The van der Waals surface area contributed by atoms with Crippen molar-refractivity contribution in [3.05, 3.63) is 23.2 Å². The number of furan rings is 1. The van der Waals surface area contributed by atoms with Gasteiger partial charge in [-0.2, -0.15) is 0 Å². The molecule has 17 heavy (non-hydrogen) atoms. The summed E-state index contributed by atoms with van der Waals surface area (Å²) in [6.07, 6.45) is 2.13. The Morgan fingerprint density at radius 2 is 2.06 bits per heavy atom. The van der Waals surface area contributed by atoms with Crippen LogP contribution in [0.4, 0.5) is 0 Å². The molecule has 94 valence electrons. The number of rotatable bonds is 2. The number of aryl methyl sites for hydroxylation is 2. The van der Waals surface area contributed by atoms with Gasteiger partial charge < -0.3 is 14.1 Å². The second kappa shape index (κ2) is 4.92. The summed E-state index contributed by atoms with van der Waals surface area (Å²) in [4.78, 5) is 14.1. The predicted octanol–water partition coefficient (Wildman–Crippen LogP) is 2.15. The number of amides is 1. The fraction of sp³-hybridized carbons (Fsp3) is 0.615. The Balaban J connectivity index is 2.04. The second-order valence-corrected chi connectivity index (χ2v) is 4.55. The Bertz CT molecular complexity index is 403. The van der Waals surface area contributed by atoms with E-state index >= 15 is 0 Å². The summed E-state index contributed by atoms with van der Waals surface area (Å²) in [5, 5.41) is 0. The third-order valence-corrected chi connectivity index (χ3v) is 3.33. The molecule has 0 N–H and O–H groups in total. The lowest BCUT2D eigenvalue weighted by atomic mass is 10.1. The second-order valence-electron chi connectivity index (χ2n) is 4.55. The van der Waals surface area contributed by atoms with E-state index in [9.17, 15) is 4.79 Å². The number of hydrogen-bond donors (Lipinski definition) is 0. The maximum Gasteiger partial charge on any atom is 0.257 e. The molecule has 1 aromatic rings. The molecule has 0 radical (unpaired) electrons. The Kier molecular flexibility index (Phi) is 3.52. The molecule has 1 aromatic heterocycles. The van der Waals surface area contributed by atoms with Crippen LogP contribution in [-0.4, -0.2) is 37.1 Å². The highest BCUT2D eigenvalue weighted by Gasteiger charge is 2.25. The van der Waals surface area contributed by atoms with Gasteiger partial charge in [0.2, 0.25) is 0 Å². The Hall–Kier alpha value is -1.29. The summed E-state index contributed by atoms with van der Waals surface area (Å²) in [7, 11) is 1.73. The molecule has 0 atom stereocenters. The molecular weight excluding hydrogens is 218 g/mol. The van der Waals surface area contributed by atoms with Crippen LogP contribution < -0.4 is 0 Å². The van der Waals surface area contributed by atoms with Crippen LogP contribution in [0.25, 0.3) is 0 Å². The third-order valence-electron chi connectivity index (χ3n) is 3.33. The van der Waals surface area contributed by atoms with Gasteiger partial charge in [-0.05, 0) is 32.8 Å². The minimum Gasteiger partial charge on any atom is -0.466 e. The zero-order valence-electron chi connectivity index (χ0n) is 10.7. The minimum atomic E-state index is 0.0777. The molecule has 4 nitrogen and oxygen atoms in total. The molecule has 1 aliphatic heterocycles. The van der Waals surface area contributed by atoms with E-state index in [0.29, 0.717) is 17.4 Å². The van der Waals surface area contributed by atoms with Crippen LogP contribution in [0.5, 0.6) is 0 Å². The first-order valence-corrected chi connectivity index (χ1v) is 6.01. The summed E-state index contributed by atoms with van der Waals surface area (Å²) in [5.74, 6) is 1.58. The molecular formula is C13H19NO3. The lowest BCUT2D eigenvalue weighted by Crippen LogP contribution is -2.40. The molecule has 0 saturated carbocycles. The van der Waals surface area contributed by atoms with E-state index < -0.39 is 0 Å². The molecule has 1 amide bonds. The van der Waals surface area contributed by atoms with Gasteiger partial charge in [0.1, 0.15) is 11.5 Å². The van der Waals surface area contributed by atoms with Crippen LogP contribution in [0, 0.1) is 13.8 Å². The molecule has 1 saturated heterocycles. The number of likely N-dealkylation sites (tertiary alicyclic amines) is 1. The van der Waals surface area contributed by atoms with Gasteiger partial charge in [0.05, 0.1) is 11.7 Å². The highest BCUT2D eigenvalue weighted by Crippen LogP contribution is 2.19. The van der Waals surface area contributed by atoms with Gasteiger partial charge >= 0.3 is 0 Å². The molecule has 0 unspecified atom stereocenters. The Morgan fingerprint density at radius 3 is 2.53 bits per heavy atom. The largest absolute Gasteiger partial charge is 0.466 e. The molecule has 0 aliphatic carbocycles. The molecule has 0 bridgehead atoms. The van der Waals surface area contributed by atoms with Crippen LogP contribution >= 0.6 is 0 Å². The van der Waals surface area contributed by atoms with Crippen LogP contribution in [0.2, 0.25) is 0 Å². The Labute approximate surface area is 102 Å². The van der Waals surface area contributed by atoms with E-state index in [4.69, 9.17) is 9.15 Å². The topological polar surface area (TPSA) is 42.7 Å². The summed E-state index contributed by atoms with van der Waals surface area (Å²) in [6, 6.07) is 1.82. The van der Waals surface area contributed by atoms with Crippen molar-refractivity contribution in [2.45, 2.75) is 32.8 Å². The van der Waals surface area contributed by atoms with Gasteiger partial charge in [0, 0.05) is 20.2 Å². The Morgan fingerprint density at radius 1 is 1.41 bits per heavy atom. The van der Waals surface area contributed by atoms with Gasteiger partial charge in [0.25, 0.3) is 5.91 Å². The van der Waals surface area contributed by atoms with Crippen molar-refractivity contribution >= 4 is 5.91 Å². The van der Waals surface area contributed by atoms with E-state index in [2.05, 4.69) is 0 Å². The SMILES string of the molecule is COC1CCN(C(=O)c2cc(C)oc2C)CC1. The van der Waals surface area contributed by atoms with Gasteiger partial charge in [-0.15, -0.1) is 0 Å². The molecule has 4 heteroatoms. The number of methoxy groups -OCH3 is 1. The van der Waals surface area contributed by atoms with Crippen LogP contribution in [0.3, 0.4) is 0 Å². The molecule has 2 heterocycles. The monoisotopic (exact) mass is 237 g/mol. The standard InChI is InChI=1S/C13H19NO3/c1-9-8-12(10(2)17-9)13(15)14-6-4-11(16-3)5-7-14/h8,11H,4-7H2,1-3H3. The van der Waals surface area contributed by atoms with Gasteiger partial charge in [0.15, 0.2) is 0 Å². The quantitative estimate of drug-likeness (QED) is 0.791. The average Bonchev–Trinajstić information content (AvgIpc) is 2.68. The van der Waals surface area contributed by atoms with Crippen LogP contribution in [0.15, 0.2) is 10.5 Å². The molecule has 1 aliphatic rings. The van der Waals surface area contributed by atoms with Crippen molar-refractivity contribution in [3.8, 4) is 0 Å². The molecule has 0 aromatic carbocycles. The van der Waals surface area contributed by atoms with Gasteiger partial charge in [-0.3, -0.25) is 4.79 Å². The van der Waals surface area contributed by atoms with Crippen molar-refractivity contribution in [2.75, 3.05) is 20.2 Å². The van der Waals surface area contributed by atoms with Gasteiger partial charge in [-0.1, -0.05) is 0 Å². The minimum absolute atomic E-state index is 0.0777. The number of carbonyl (C=O) groups is 1. The molecule has 1 fully saturated rings. The normalized spacial score (nSPS) is 17.5. The third kappa shape index (κ3) is 2.52. The summed E-state index contributed by atoms with van der Waals surface area (Å²) < 4.78 is 10.7. The lowest BCUT2D eigenvalue weighted by molar-refractivity contribution is 0.0350. The van der Waals surface area contributed by atoms with Crippen molar-refractivity contribution < 1.29 is 13.9 Å². The van der Waals surface area contributed by atoms with Crippen LogP contribution in [0.1, 0.15) is 34.7 Å². The molecule has 2 rings (SSSR count). The predicted molar refractivity (Wildman–Crippen MR) is 64.1 cm³/mol. The highest BCUT2D eigenvalue weighted by molar-refractivity contribution is 5.95.